The Balaban J connectivity index is 2.21. The van der Waals surface area contributed by atoms with Gasteiger partial charge in [-0.25, -0.2) is 0 Å². The lowest BCUT2D eigenvalue weighted by atomic mass is 9.86. The minimum absolute atomic E-state index is 0.00541. The average molecular weight is 270 g/mol. The highest BCUT2D eigenvalue weighted by molar-refractivity contribution is 5.40. The average Bonchev–Trinajstić information content (AvgIpc) is 2.45. The van der Waals surface area contributed by atoms with Crippen molar-refractivity contribution in [3.05, 3.63) is 65.2 Å². The van der Waals surface area contributed by atoms with Crippen LogP contribution < -0.4 is 4.74 Å². The first kappa shape index (κ1) is 14.6. The van der Waals surface area contributed by atoms with Gasteiger partial charge < -0.3 is 9.84 Å². The van der Waals surface area contributed by atoms with E-state index in [4.69, 9.17) is 4.74 Å². The van der Waals surface area contributed by atoms with Crippen molar-refractivity contribution in [2.45, 2.75) is 39.4 Å². The van der Waals surface area contributed by atoms with Crippen molar-refractivity contribution in [2.24, 2.45) is 0 Å². The molecule has 106 valence electrons. The van der Waals surface area contributed by atoms with Crippen LogP contribution in [0.25, 0.3) is 0 Å². The summed E-state index contributed by atoms with van der Waals surface area (Å²) in [6.45, 7) is 7.02. The maximum atomic E-state index is 9.43. The molecule has 0 aromatic heterocycles. The maximum Gasteiger partial charge on any atom is 0.125 e. The summed E-state index contributed by atoms with van der Waals surface area (Å²) < 4.78 is 5.89. The van der Waals surface area contributed by atoms with Gasteiger partial charge in [-0.05, 0) is 22.6 Å². The molecule has 0 atom stereocenters. The molecule has 0 aliphatic rings. The second kappa shape index (κ2) is 6.10. The molecule has 0 amide bonds. The minimum atomic E-state index is -0.00541. The van der Waals surface area contributed by atoms with Crippen molar-refractivity contribution in [3.63, 3.8) is 0 Å². The number of ether oxygens (including phenoxy) is 1. The molecule has 0 bridgehead atoms. The smallest absolute Gasteiger partial charge is 0.125 e. The first-order valence-electron chi connectivity index (χ1n) is 6.91. The molecule has 1 N–H and O–H groups in total. The third-order valence-corrected chi connectivity index (χ3v) is 3.34. The summed E-state index contributed by atoms with van der Waals surface area (Å²) in [5, 5.41) is 9.43. The summed E-state index contributed by atoms with van der Waals surface area (Å²) in [4.78, 5) is 0. The number of hydrogen-bond acceptors (Lipinski definition) is 2. The maximum absolute atomic E-state index is 9.43. The van der Waals surface area contributed by atoms with Crippen molar-refractivity contribution in [1.29, 1.82) is 0 Å². The molecule has 2 rings (SSSR count). The van der Waals surface area contributed by atoms with Crippen LogP contribution in [0.4, 0.5) is 0 Å². The van der Waals surface area contributed by atoms with Crippen LogP contribution >= 0.6 is 0 Å². The molecular formula is C18H22O2. The Bertz CT molecular complexity index is 553. The monoisotopic (exact) mass is 270 g/mol. The first-order valence-corrected chi connectivity index (χ1v) is 6.91. The van der Waals surface area contributed by atoms with E-state index in [1.807, 2.05) is 42.5 Å². The lowest BCUT2D eigenvalue weighted by Crippen LogP contribution is -2.11. The lowest BCUT2D eigenvalue weighted by Gasteiger charge is -2.21. The van der Waals surface area contributed by atoms with Gasteiger partial charge in [-0.15, -0.1) is 0 Å². The Morgan fingerprint density at radius 2 is 1.70 bits per heavy atom. The second-order valence-corrected chi connectivity index (χ2v) is 6.00. The Morgan fingerprint density at radius 1 is 1.00 bits per heavy atom. The number of rotatable bonds is 4. The van der Waals surface area contributed by atoms with Crippen molar-refractivity contribution >= 4 is 0 Å². The van der Waals surface area contributed by atoms with E-state index in [-0.39, 0.29) is 12.0 Å². The van der Waals surface area contributed by atoms with E-state index in [0.29, 0.717) is 6.61 Å². The molecule has 0 aliphatic carbocycles. The predicted molar refractivity (Wildman–Crippen MR) is 81.8 cm³/mol. The van der Waals surface area contributed by atoms with Crippen LogP contribution in [0.3, 0.4) is 0 Å². The molecule has 20 heavy (non-hydrogen) atoms. The lowest BCUT2D eigenvalue weighted by molar-refractivity contribution is 0.258. The van der Waals surface area contributed by atoms with Crippen LogP contribution in [-0.2, 0) is 18.6 Å². The van der Waals surface area contributed by atoms with Gasteiger partial charge in [-0.1, -0.05) is 63.2 Å². The number of aliphatic hydroxyl groups excluding tert-OH is 1. The fraction of sp³-hybridized carbons (Fsp3) is 0.333. The summed E-state index contributed by atoms with van der Waals surface area (Å²) in [7, 11) is 0. The van der Waals surface area contributed by atoms with Gasteiger partial charge in [0.1, 0.15) is 12.4 Å². The largest absolute Gasteiger partial charge is 0.489 e. The number of hydrogen-bond donors (Lipinski definition) is 1. The molecule has 0 spiro atoms. The molecule has 0 saturated heterocycles. The molecule has 2 aromatic rings. The van der Waals surface area contributed by atoms with E-state index < -0.39 is 0 Å². The molecule has 0 aliphatic heterocycles. The highest BCUT2D eigenvalue weighted by atomic mass is 16.5. The molecule has 0 heterocycles. The molecule has 2 nitrogen and oxygen atoms in total. The zero-order valence-corrected chi connectivity index (χ0v) is 12.4. The topological polar surface area (TPSA) is 29.5 Å². The molecule has 0 saturated carbocycles. The van der Waals surface area contributed by atoms with Crippen LogP contribution in [-0.4, -0.2) is 5.11 Å². The molecule has 2 aromatic carbocycles. The number of aliphatic hydroxyl groups is 1. The fourth-order valence-corrected chi connectivity index (χ4v) is 2.02. The van der Waals surface area contributed by atoms with Gasteiger partial charge >= 0.3 is 0 Å². The third kappa shape index (κ3) is 3.61. The summed E-state index contributed by atoms with van der Waals surface area (Å²) in [6.07, 6.45) is 0. The SMILES string of the molecule is CC(C)(C)c1ccc(CO)c(OCc2ccccc2)c1. The predicted octanol–water partition coefficient (Wildman–Crippen LogP) is 4.06. The van der Waals surface area contributed by atoms with E-state index in [1.165, 1.54) is 5.56 Å². The number of benzene rings is 2. The van der Waals surface area contributed by atoms with E-state index >= 15 is 0 Å². The van der Waals surface area contributed by atoms with Crippen LogP contribution in [0.15, 0.2) is 48.5 Å². The Kier molecular flexibility index (Phi) is 4.46. The van der Waals surface area contributed by atoms with Gasteiger partial charge in [0.25, 0.3) is 0 Å². The highest BCUT2D eigenvalue weighted by Gasteiger charge is 2.16. The van der Waals surface area contributed by atoms with E-state index in [0.717, 1.165) is 16.9 Å². The van der Waals surface area contributed by atoms with Crippen molar-refractivity contribution in [3.8, 4) is 5.75 Å². The molecule has 0 unspecified atom stereocenters. The van der Waals surface area contributed by atoms with Crippen LogP contribution in [0.5, 0.6) is 5.75 Å². The quantitative estimate of drug-likeness (QED) is 0.908. The molecule has 0 fully saturated rings. The Morgan fingerprint density at radius 3 is 2.30 bits per heavy atom. The second-order valence-electron chi connectivity index (χ2n) is 6.00. The van der Waals surface area contributed by atoms with Crippen molar-refractivity contribution in [2.75, 3.05) is 0 Å². The summed E-state index contributed by atoms with van der Waals surface area (Å²) in [5.41, 5.74) is 3.23. The Labute approximate surface area is 121 Å². The minimum Gasteiger partial charge on any atom is -0.489 e. The third-order valence-electron chi connectivity index (χ3n) is 3.34. The summed E-state index contributed by atoms with van der Waals surface area (Å²) in [5.74, 6) is 0.767. The van der Waals surface area contributed by atoms with Crippen molar-refractivity contribution in [1.82, 2.24) is 0 Å². The first-order chi connectivity index (χ1) is 9.50. The zero-order valence-electron chi connectivity index (χ0n) is 12.4. The van der Waals surface area contributed by atoms with Gasteiger partial charge in [0.05, 0.1) is 6.61 Å². The van der Waals surface area contributed by atoms with Crippen molar-refractivity contribution < 1.29 is 9.84 Å². The summed E-state index contributed by atoms with van der Waals surface area (Å²) in [6, 6.07) is 16.1. The van der Waals surface area contributed by atoms with Gasteiger partial charge in [0.2, 0.25) is 0 Å². The summed E-state index contributed by atoms with van der Waals surface area (Å²) >= 11 is 0. The zero-order chi connectivity index (χ0) is 14.6. The van der Waals surface area contributed by atoms with E-state index in [9.17, 15) is 5.11 Å². The standard InChI is InChI=1S/C18H22O2/c1-18(2,3)16-10-9-15(12-19)17(11-16)20-13-14-7-5-4-6-8-14/h4-11,19H,12-13H2,1-3H3. The van der Waals surface area contributed by atoms with Gasteiger partial charge in [0, 0.05) is 5.56 Å². The molecule has 0 radical (unpaired) electrons. The van der Waals surface area contributed by atoms with E-state index in [1.54, 1.807) is 0 Å². The molecular weight excluding hydrogens is 248 g/mol. The van der Waals surface area contributed by atoms with E-state index in [2.05, 4.69) is 26.8 Å². The van der Waals surface area contributed by atoms with Gasteiger partial charge in [0.15, 0.2) is 0 Å². The van der Waals surface area contributed by atoms with Gasteiger partial charge in [-0.2, -0.15) is 0 Å². The highest BCUT2D eigenvalue weighted by Crippen LogP contribution is 2.29. The molecule has 2 heteroatoms. The Hall–Kier alpha value is -1.80. The van der Waals surface area contributed by atoms with Gasteiger partial charge in [-0.3, -0.25) is 0 Å². The van der Waals surface area contributed by atoms with Crippen LogP contribution in [0.1, 0.15) is 37.5 Å². The fourth-order valence-electron chi connectivity index (χ4n) is 2.02. The normalized spacial score (nSPS) is 11.4. The van der Waals surface area contributed by atoms with Crippen LogP contribution in [0, 0.1) is 0 Å². The van der Waals surface area contributed by atoms with Crippen LogP contribution in [0.2, 0.25) is 0 Å².